The van der Waals surface area contributed by atoms with E-state index in [0.717, 1.165) is 25.0 Å². The Bertz CT molecular complexity index is 1060. The summed E-state index contributed by atoms with van der Waals surface area (Å²) in [7, 11) is 0. The molecule has 1 saturated heterocycles. The van der Waals surface area contributed by atoms with E-state index in [9.17, 15) is 9.59 Å². The van der Waals surface area contributed by atoms with Crippen molar-refractivity contribution in [2.24, 2.45) is 0 Å². The first kappa shape index (κ1) is 19.1. The molecule has 146 valence electrons. The van der Waals surface area contributed by atoms with E-state index < -0.39 is 0 Å². The van der Waals surface area contributed by atoms with E-state index in [-0.39, 0.29) is 18.0 Å². The molecule has 6 nitrogen and oxygen atoms in total. The van der Waals surface area contributed by atoms with Gasteiger partial charge in [0.15, 0.2) is 0 Å². The Balaban J connectivity index is 1.57. The number of hydrogen-bond donors (Lipinski definition) is 1. The molecule has 4 rings (SSSR count). The number of rotatable bonds is 6. The minimum absolute atomic E-state index is 0.0880. The number of carbonyl (C=O) groups is 1. The quantitative estimate of drug-likeness (QED) is 0.670. The molecule has 1 fully saturated rings. The molecule has 1 aromatic carbocycles. The van der Waals surface area contributed by atoms with Gasteiger partial charge in [-0.3, -0.25) is 9.59 Å². The average Bonchev–Trinajstić information content (AvgIpc) is 3.38. The van der Waals surface area contributed by atoms with Crippen LogP contribution < -0.4 is 10.9 Å². The van der Waals surface area contributed by atoms with Crippen molar-refractivity contribution in [2.75, 3.05) is 19.6 Å². The molecule has 0 spiro atoms. The van der Waals surface area contributed by atoms with Crippen LogP contribution in [-0.2, 0) is 13.1 Å². The summed E-state index contributed by atoms with van der Waals surface area (Å²) in [5.74, 6) is -0.197. The average molecular weight is 417 g/mol. The summed E-state index contributed by atoms with van der Waals surface area (Å²) in [4.78, 5) is 28.1. The van der Waals surface area contributed by atoms with Crippen molar-refractivity contribution in [1.29, 1.82) is 0 Å². The fourth-order valence-corrected chi connectivity index (χ4v) is 4.48. The smallest absolute Gasteiger partial charge is 0.274 e. The lowest BCUT2D eigenvalue weighted by Crippen LogP contribution is -2.32. The number of amides is 1. The summed E-state index contributed by atoms with van der Waals surface area (Å²) in [6.45, 7) is 3.76. The van der Waals surface area contributed by atoms with Crippen molar-refractivity contribution in [3.63, 3.8) is 0 Å². The van der Waals surface area contributed by atoms with Crippen molar-refractivity contribution in [3.05, 3.63) is 61.7 Å². The fraction of sp³-hybridized carbons (Fsp3) is 0.350. The Hall–Kier alpha value is -2.22. The van der Waals surface area contributed by atoms with Gasteiger partial charge in [0.25, 0.3) is 11.5 Å². The second-order valence-electron chi connectivity index (χ2n) is 6.86. The molecule has 8 heteroatoms. The molecule has 0 atom stereocenters. The van der Waals surface area contributed by atoms with Crippen molar-refractivity contribution in [1.82, 2.24) is 20.0 Å². The Kier molecular flexibility index (Phi) is 5.75. The number of aromatic nitrogens is 2. The Morgan fingerprint density at radius 1 is 1.11 bits per heavy atom. The number of nitrogens with zero attached hydrogens (tertiary/aromatic N) is 3. The highest BCUT2D eigenvalue weighted by atomic mass is 35.5. The number of fused-ring (bicyclic) bond motifs is 1. The van der Waals surface area contributed by atoms with E-state index in [1.54, 1.807) is 12.1 Å². The van der Waals surface area contributed by atoms with Gasteiger partial charge in [-0.15, -0.1) is 11.3 Å². The van der Waals surface area contributed by atoms with E-state index >= 15 is 0 Å². The summed E-state index contributed by atoms with van der Waals surface area (Å²) in [6, 6.07) is 10.8. The number of halogens is 1. The lowest BCUT2D eigenvalue weighted by Gasteiger charge is -2.16. The van der Waals surface area contributed by atoms with Gasteiger partial charge in [-0.05, 0) is 44.1 Å². The van der Waals surface area contributed by atoms with Crippen LogP contribution in [0.1, 0.15) is 28.2 Å². The Morgan fingerprint density at radius 2 is 1.86 bits per heavy atom. The Morgan fingerprint density at radius 3 is 2.57 bits per heavy atom. The van der Waals surface area contributed by atoms with Crippen LogP contribution in [0.5, 0.6) is 0 Å². The zero-order valence-electron chi connectivity index (χ0n) is 15.4. The molecule has 1 aliphatic rings. The van der Waals surface area contributed by atoms with Crippen molar-refractivity contribution in [3.8, 4) is 0 Å². The molecule has 3 heterocycles. The molecular formula is C20H21ClN4O2S. The summed E-state index contributed by atoms with van der Waals surface area (Å²) >= 11 is 7.15. The maximum Gasteiger partial charge on any atom is 0.274 e. The minimum Gasteiger partial charge on any atom is -0.346 e. The predicted molar refractivity (Wildman–Crippen MR) is 112 cm³/mol. The minimum atomic E-state index is -0.197. The molecule has 1 N–H and O–H groups in total. The molecule has 0 saturated carbocycles. The van der Waals surface area contributed by atoms with Gasteiger partial charge in [-0.2, -0.15) is 5.10 Å². The Labute approximate surface area is 171 Å². The summed E-state index contributed by atoms with van der Waals surface area (Å²) in [6.07, 6.45) is 2.42. The predicted octanol–water partition coefficient (Wildman–Crippen LogP) is 3.14. The summed E-state index contributed by atoms with van der Waals surface area (Å²) in [5.41, 5.74) is 0.600. The number of thiophene rings is 1. The first-order chi connectivity index (χ1) is 13.6. The molecule has 1 amide bonds. The highest BCUT2D eigenvalue weighted by molar-refractivity contribution is 7.17. The molecule has 0 unspecified atom stereocenters. The van der Waals surface area contributed by atoms with Crippen LogP contribution in [-0.4, -0.2) is 40.2 Å². The van der Waals surface area contributed by atoms with Crippen molar-refractivity contribution in [2.45, 2.75) is 25.9 Å². The fourth-order valence-electron chi connectivity index (χ4n) is 3.52. The van der Waals surface area contributed by atoms with Crippen LogP contribution >= 0.6 is 22.9 Å². The maximum atomic E-state index is 12.8. The summed E-state index contributed by atoms with van der Waals surface area (Å²) in [5, 5.41) is 8.86. The van der Waals surface area contributed by atoms with Gasteiger partial charge in [0.05, 0.1) is 33.4 Å². The molecule has 0 aliphatic carbocycles. The van der Waals surface area contributed by atoms with Crippen LogP contribution in [0.3, 0.4) is 0 Å². The number of nitrogens with one attached hydrogen (secondary N) is 1. The van der Waals surface area contributed by atoms with E-state index in [2.05, 4.69) is 15.3 Å². The molecule has 0 radical (unpaired) electrons. The zero-order chi connectivity index (χ0) is 19.5. The second kappa shape index (κ2) is 8.43. The number of likely N-dealkylation sites (tertiary alicyclic amines) is 1. The van der Waals surface area contributed by atoms with Crippen molar-refractivity contribution >= 4 is 39.6 Å². The lowest BCUT2D eigenvalue weighted by atomic mass is 10.1. The van der Waals surface area contributed by atoms with Crippen LogP contribution in [0.25, 0.3) is 10.8 Å². The molecule has 0 bridgehead atoms. The van der Waals surface area contributed by atoms with E-state index in [1.165, 1.54) is 28.9 Å². The van der Waals surface area contributed by atoms with Gasteiger partial charge in [-0.25, -0.2) is 4.68 Å². The van der Waals surface area contributed by atoms with Crippen LogP contribution in [0, 0.1) is 0 Å². The van der Waals surface area contributed by atoms with E-state index in [4.69, 9.17) is 11.6 Å². The standard InChI is InChI=1S/C20H21ClN4O2S/c21-18-8-7-17(28-18)19(26)22-13-16-14-5-1-2-6-15(14)20(27)25(23-16)12-11-24-9-3-4-10-24/h1-2,5-8H,3-4,9-13H2,(H,22,26). The highest BCUT2D eigenvalue weighted by Gasteiger charge is 2.15. The van der Waals surface area contributed by atoms with Gasteiger partial charge in [-0.1, -0.05) is 29.8 Å². The second-order valence-corrected chi connectivity index (χ2v) is 8.57. The zero-order valence-corrected chi connectivity index (χ0v) is 16.9. The number of benzene rings is 1. The van der Waals surface area contributed by atoms with Crippen LogP contribution in [0.15, 0.2) is 41.2 Å². The normalized spacial score (nSPS) is 14.6. The van der Waals surface area contributed by atoms with Gasteiger partial charge >= 0.3 is 0 Å². The van der Waals surface area contributed by atoms with Gasteiger partial charge in [0.2, 0.25) is 0 Å². The van der Waals surface area contributed by atoms with Crippen LogP contribution in [0.2, 0.25) is 4.34 Å². The van der Waals surface area contributed by atoms with E-state index in [1.807, 2.05) is 24.3 Å². The van der Waals surface area contributed by atoms with Gasteiger partial charge in [0, 0.05) is 11.9 Å². The van der Waals surface area contributed by atoms with E-state index in [0.29, 0.717) is 26.8 Å². The van der Waals surface area contributed by atoms with Crippen LogP contribution in [0.4, 0.5) is 0 Å². The third kappa shape index (κ3) is 4.11. The third-order valence-electron chi connectivity index (χ3n) is 4.98. The van der Waals surface area contributed by atoms with Gasteiger partial charge < -0.3 is 10.2 Å². The van der Waals surface area contributed by atoms with Gasteiger partial charge in [0.1, 0.15) is 0 Å². The topological polar surface area (TPSA) is 67.2 Å². The summed E-state index contributed by atoms with van der Waals surface area (Å²) < 4.78 is 2.11. The largest absolute Gasteiger partial charge is 0.346 e. The first-order valence-electron chi connectivity index (χ1n) is 9.36. The molecular weight excluding hydrogens is 396 g/mol. The SMILES string of the molecule is O=C(NCc1nn(CCN2CCCC2)c(=O)c2ccccc12)c1ccc(Cl)s1. The van der Waals surface area contributed by atoms with Crippen molar-refractivity contribution < 1.29 is 4.79 Å². The first-order valence-corrected chi connectivity index (χ1v) is 10.6. The monoisotopic (exact) mass is 416 g/mol. The molecule has 1 aliphatic heterocycles. The molecule has 3 aromatic rings. The molecule has 2 aromatic heterocycles. The third-order valence-corrected chi connectivity index (χ3v) is 6.21. The number of carbonyl (C=O) groups excluding carboxylic acids is 1. The highest BCUT2D eigenvalue weighted by Crippen LogP contribution is 2.21. The number of hydrogen-bond acceptors (Lipinski definition) is 5. The lowest BCUT2D eigenvalue weighted by molar-refractivity contribution is 0.0954. The molecule has 28 heavy (non-hydrogen) atoms. The maximum absolute atomic E-state index is 12.8.